The van der Waals surface area contributed by atoms with E-state index in [1.807, 2.05) is 37.3 Å². The molecule has 0 saturated heterocycles. The molecular formula is C18H16N2O3S2. The highest BCUT2D eigenvalue weighted by atomic mass is 32.2. The third-order valence-electron chi connectivity index (χ3n) is 3.59. The van der Waals surface area contributed by atoms with Crippen molar-refractivity contribution in [3.05, 3.63) is 76.5 Å². The summed E-state index contributed by atoms with van der Waals surface area (Å²) in [5.41, 5.74) is 5.08. The standard InChI is InChI=1S/C18H16N2O3S2/c1-13-7-9-14(10-8-13)16-11-12-24-17(16)18(21)19-20-25(22,23)15-5-3-2-4-6-15/h2-12,20H,1H3,(H,19,21). The first-order valence-electron chi connectivity index (χ1n) is 7.49. The Morgan fingerprint density at radius 3 is 2.32 bits per heavy atom. The van der Waals surface area contributed by atoms with Gasteiger partial charge in [0.1, 0.15) is 4.88 Å². The van der Waals surface area contributed by atoms with E-state index in [0.29, 0.717) is 4.88 Å². The quantitative estimate of drug-likeness (QED) is 0.675. The second-order valence-corrected chi connectivity index (χ2v) is 8.00. The molecule has 3 rings (SSSR count). The van der Waals surface area contributed by atoms with Crippen molar-refractivity contribution in [3.63, 3.8) is 0 Å². The van der Waals surface area contributed by atoms with E-state index in [2.05, 4.69) is 10.3 Å². The number of aryl methyl sites for hydroxylation is 1. The van der Waals surface area contributed by atoms with Gasteiger partial charge in [0.05, 0.1) is 4.90 Å². The summed E-state index contributed by atoms with van der Waals surface area (Å²) in [5.74, 6) is -0.495. The van der Waals surface area contributed by atoms with Crippen LogP contribution in [0.15, 0.2) is 70.9 Å². The SMILES string of the molecule is Cc1ccc(-c2ccsc2C(=O)NNS(=O)(=O)c2ccccc2)cc1. The first-order chi connectivity index (χ1) is 12.0. The average molecular weight is 372 g/mol. The number of benzene rings is 2. The first kappa shape index (κ1) is 17.3. The summed E-state index contributed by atoms with van der Waals surface area (Å²) in [6.45, 7) is 1.99. The largest absolute Gasteiger partial charge is 0.276 e. The molecule has 0 radical (unpaired) electrons. The van der Waals surface area contributed by atoms with E-state index in [4.69, 9.17) is 0 Å². The van der Waals surface area contributed by atoms with Gasteiger partial charge in [0.15, 0.2) is 0 Å². The highest BCUT2D eigenvalue weighted by Gasteiger charge is 2.18. The van der Waals surface area contributed by atoms with Crippen LogP contribution in [0.25, 0.3) is 11.1 Å². The van der Waals surface area contributed by atoms with Gasteiger partial charge in [-0.15, -0.1) is 16.2 Å². The fourth-order valence-corrected chi connectivity index (χ4v) is 3.95. The van der Waals surface area contributed by atoms with Crippen LogP contribution in [0.1, 0.15) is 15.2 Å². The topological polar surface area (TPSA) is 75.3 Å². The monoisotopic (exact) mass is 372 g/mol. The molecule has 7 heteroatoms. The van der Waals surface area contributed by atoms with Crippen LogP contribution >= 0.6 is 11.3 Å². The van der Waals surface area contributed by atoms with Crippen molar-refractivity contribution in [2.24, 2.45) is 0 Å². The second-order valence-electron chi connectivity index (χ2n) is 5.40. The maximum atomic E-state index is 12.4. The van der Waals surface area contributed by atoms with Crippen molar-refractivity contribution < 1.29 is 13.2 Å². The Hall–Kier alpha value is -2.48. The normalized spacial score (nSPS) is 11.2. The highest BCUT2D eigenvalue weighted by molar-refractivity contribution is 7.89. The molecule has 5 nitrogen and oxygen atoms in total. The van der Waals surface area contributed by atoms with Crippen molar-refractivity contribution in [1.29, 1.82) is 0 Å². The molecule has 0 bridgehead atoms. The summed E-state index contributed by atoms with van der Waals surface area (Å²) < 4.78 is 24.4. The molecule has 0 fully saturated rings. The van der Waals surface area contributed by atoms with Crippen molar-refractivity contribution in [2.75, 3.05) is 0 Å². The molecule has 0 aliphatic rings. The zero-order valence-electron chi connectivity index (χ0n) is 13.4. The maximum Gasteiger partial charge on any atom is 0.276 e. The molecule has 0 spiro atoms. The third kappa shape index (κ3) is 3.96. The Morgan fingerprint density at radius 2 is 1.64 bits per heavy atom. The van der Waals surface area contributed by atoms with Crippen LogP contribution < -0.4 is 10.3 Å². The molecule has 1 amide bonds. The van der Waals surface area contributed by atoms with Gasteiger partial charge in [0.2, 0.25) is 0 Å². The zero-order chi connectivity index (χ0) is 17.9. The van der Waals surface area contributed by atoms with Crippen LogP contribution in [-0.2, 0) is 10.0 Å². The van der Waals surface area contributed by atoms with E-state index < -0.39 is 15.9 Å². The fourth-order valence-electron chi connectivity index (χ4n) is 2.27. The second kappa shape index (κ2) is 7.18. The van der Waals surface area contributed by atoms with Gasteiger partial charge in [-0.1, -0.05) is 48.0 Å². The van der Waals surface area contributed by atoms with Gasteiger partial charge in [0.25, 0.3) is 15.9 Å². The predicted molar refractivity (Wildman–Crippen MR) is 98.7 cm³/mol. The van der Waals surface area contributed by atoms with Crippen LogP contribution in [0.4, 0.5) is 0 Å². The van der Waals surface area contributed by atoms with Crippen molar-refractivity contribution >= 4 is 27.3 Å². The van der Waals surface area contributed by atoms with Crippen LogP contribution in [0, 0.1) is 6.92 Å². The summed E-state index contributed by atoms with van der Waals surface area (Å²) in [6.07, 6.45) is 0. The molecule has 2 N–H and O–H groups in total. The Morgan fingerprint density at radius 1 is 0.960 bits per heavy atom. The van der Waals surface area contributed by atoms with E-state index in [1.54, 1.807) is 23.6 Å². The van der Waals surface area contributed by atoms with Gasteiger partial charge >= 0.3 is 0 Å². The summed E-state index contributed by atoms with van der Waals surface area (Å²) in [6, 6.07) is 17.5. The van der Waals surface area contributed by atoms with Gasteiger partial charge in [-0.25, -0.2) is 8.42 Å². The summed E-state index contributed by atoms with van der Waals surface area (Å²) in [7, 11) is -3.81. The van der Waals surface area contributed by atoms with Gasteiger partial charge in [0, 0.05) is 5.56 Å². The molecule has 2 aromatic carbocycles. The minimum atomic E-state index is -3.81. The van der Waals surface area contributed by atoms with E-state index in [-0.39, 0.29) is 4.90 Å². The molecule has 128 valence electrons. The summed E-state index contributed by atoms with van der Waals surface area (Å²) in [5, 5.41) is 1.80. The molecular weight excluding hydrogens is 356 g/mol. The summed E-state index contributed by atoms with van der Waals surface area (Å²) >= 11 is 1.26. The number of sulfonamides is 1. The number of rotatable bonds is 5. The smallest absolute Gasteiger partial charge is 0.273 e. The van der Waals surface area contributed by atoms with E-state index in [0.717, 1.165) is 16.7 Å². The molecule has 0 aliphatic heterocycles. The van der Waals surface area contributed by atoms with E-state index >= 15 is 0 Å². The molecule has 0 unspecified atom stereocenters. The van der Waals surface area contributed by atoms with E-state index in [1.165, 1.54) is 23.5 Å². The number of thiophene rings is 1. The molecule has 0 aliphatic carbocycles. The number of hydrogen-bond donors (Lipinski definition) is 2. The fraction of sp³-hybridized carbons (Fsp3) is 0.0556. The number of carbonyl (C=O) groups is 1. The first-order valence-corrected chi connectivity index (χ1v) is 9.85. The molecule has 0 saturated carbocycles. The summed E-state index contributed by atoms with van der Waals surface area (Å²) in [4.78, 5) is 15.1. The van der Waals surface area contributed by atoms with Crippen molar-refractivity contribution in [2.45, 2.75) is 11.8 Å². The lowest BCUT2D eigenvalue weighted by Gasteiger charge is -2.09. The minimum Gasteiger partial charge on any atom is -0.273 e. The Balaban J connectivity index is 1.77. The minimum absolute atomic E-state index is 0.0836. The van der Waals surface area contributed by atoms with Gasteiger partial charge in [-0.2, -0.15) is 0 Å². The lowest BCUT2D eigenvalue weighted by Crippen LogP contribution is -2.41. The van der Waals surface area contributed by atoms with E-state index in [9.17, 15) is 13.2 Å². The lowest BCUT2D eigenvalue weighted by atomic mass is 10.1. The van der Waals surface area contributed by atoms with Crippen LogP contribution in [0.5, 0.6) is 0 Å². The number of hydrazine groups is 1. The Kier molecular flexibility index (Phi) is 4.98. The van der Waals surface area contributed by atoms with Crippen LogP contribution in [0.3, 0.4) is 0 Å². The van der Waals surface area contributed by atoms with Crippen LogP contribution in [0.2, 0.25) is 0 Å². The lowest BCUT2D eigenvalue weighted by molar-refractivity contribution is 0.0950. The van der Waals surface area contributed by atoms with Crippen molar-refractivity contribution in [1.82, 2.24) is 10.3 Å². The average Bonchev–Trinajstić information content (AvgIpc) is 3.11. The molecule has 3 aromatic rings. The molecule has 1 aromatic heterocycles. The number of amides is 1. The zero-order valence-corrected chi connectivity index (χ0v) is 15.0. The van der Waals surface area contributed by atoms with Gasteiger partial charge < -0.3 is 0 Å². The number of carbonyl (C=O) groups excluding carboxylic acids is 1. The maximum absolute atomic E-state index is 12.4. The number of nitrogens with one attached hydrogen (secondary N) is 2. The highest BCUT2D eigenvalue weighted by Crippen LogP contribution is 2.28. The van der Waals surface area contributed by atoms with Gasteiger partial charge in [-0.05, 0) is 36.1 Å². The predicted octanol–water partition coefficient (Wildman–Crippen LogP) is 3.35. The third-order valence-corrected chi connectivity index (χ3v) is 5.76. The Bertz CT molecular complexity index is 979. The van der Waals surface area contributed by atoms with Crippen molar-refractivity contribution in [3.8, 4) is 11.1 Å². The molecule has 0 atom stereocenters. The number of hydrogen-bond acceptors (Lipinski definition) is 4. The van der Waals surface area contributed by atoms with Crippen LogP contribution in [-0.4, -0.2) is 14.3 Å². The van der Waals surface area contributed by atoms with Gasteiger partial charge in [-0.3, -0.25) is 10.2 Å². The molecule has 25 heavy (non-hydrogen) atoms. The molecule has 1 heterocycles. The Labute approximate surface area is 150 Å².